The van der Waals surface area contributed by atoms with Crippen LogP contribution in [0.1, 0.15) is 99.3 Å². The van der Waals surface area contributed by atoms with Crippen LogP contribution >= 0.6 is 11.6 Å². The predicted molar refractivity (Wildman–Crippen MR) is 166 cm³/mol. The summed E-state index contributed by atoms with van der Waals surface area (Å²) in [6, 6.07) is 11.1. The highest BCUT2D eigenvalue weighted by molar-refractivity contribution is 6.31. The van der Waals surface area contributed by atoms with Gasteiger partial charge in [0.1, 0.15) is 11.8 Å². The number of rotatable bonds is 10. The number of amides is 1. The van der Waals surface area contributed by atoms with Crippen molar-refractivity contribution < 1.29 is 9.53 Å². The molecule has 224 valence electrons. The number of benzene rings is 1. The molecule has 0 atom stereocenters. The van der Waals surface area contributed by atoms with E-state index in [2.05, 4.69) is 39.5 Å². The molecule has 3 aliphatic rings. The van der Waals surface area contributed by atoms with E-state index >= 15 is 0 Å². The minimum Gasteiger partial charge on any atom is -0.490 e. The highest BCUT2D eigenvalue weighted by atomic mass is 35.5. The molecule has 5 rings (SSSR count). The lowest BCUT2D eigenvalue weighted by atomic mass is 9.78. The van der Waals surface area contributed by atoms with Crippen LogP contribution in [0.25, 0.3) is 0 Å². The lowest BCUT2D eigenvalue weighted by Gasteiger charge is -2.31. The fourth-order valence-electron chi connectivity index (χ4n) is 6.59. The maximum Gasteiger partial charge on any atom is 0.272 e. The summed E-state index contributed by atoms with van der Waals surface area (Å²) in [7, 11) is 0. The van der Waals surface area contributed by atoms with Gasteiger partial charge in [0.2, 0.25) is 0 Å². The number of nitrogens with zero attached hydrogens (tertiary/aromatic N) is 4. The Morgan fingerprint density at radius 3 is 2.45 bits per heavy atom. The van der Waals surface area contributed by atoms with E-state index < -0.39 is 0 Å². The fraction of sp³-hybridized carbons (Fsp3) is 0.588. The molecule has 1 amide bonds. The van der Waals surface area contributed by atoms with Gasteiger partial charge in [-0.25, -0.2) is 0 Å². The van der Waals surface area contributed by atoms with Gasteiger partial charge in [-0.15, -0.1) is 5.10 Å². The van der Waals surface area contributed by atoms with Crippen LogP contribution in [0.5, 0.6) is 5.75 Å². The third kappa shape index (κ3) is 8.78. The molecular formula is C34H44ClN5O2. The average molecular weight is 590 g/mol. The molecule has 0 bridgehead atoms. The van der Waals surface area contributed by atoms with Gasteiger partial charge in [-0.1, -0.05) is 48.9 Å². The van der Waals surface area contributed by atoms with Gasteiger partial charge >= 0.3 is 0 Å². The highest BCUT2D eigenvalue weighted by Crippen LogP contribution is 2.33. The van der Waals surface area contributed by atoms with E-state index in [1.54, 1.807) is 23.8 Å². The first-order valence-electron chi connectivity index (χ1n) is 15.8. The second-order valence-electron chi connectivity index (χ2n) is 12.5. The second kappa shape index (κ2) is 15.0. The topological polar surface area (TPSA) is 91.1 Å². The molecule has 2 fully saturated rings. The van der Waals surface area contributed by atoms with E-state index in [0.29, 0.717) is 22.0 Å². The molecule has 0 radical (unpaired) electrons. The van der Waals surface area contributed by atoms with Crippen LogP contribution in [0.3, 0.4) is 0 Å². The van der Waals surface area contributed by atoms with E-state index in [1.165, 1.54) is 51.6 Å². The van der Waals surface area contributed by atoms with Crippen LogP contribution in [0.15, 0.2) is 42.0 Å². The maximum atomic E-state index is 12.8. The van der Waals surface area contributed by atoms with E-state index in [9.17, 15) is 4.79 Å². The molecule has 0 unspecified atom stereocenters. The van der Waals surface area contributed by atoms with Gasteiger partial charge in [0, 0.05) is 25.2 Å². The maximum absolute atomic E-state index is 12.8. The quantitative estimate of drug-likeness (QED) is 0.303. The lowest BCUT2D eigenvalue weighted by Crippen LogP contribution is -2.40. The van der Waals surface area contributed by atoms with Crippen molar-refractivity contribution >= 4 is 17.5 Å². The zero-order valence-corrected chi connectivity index (χ0v) is 25.6. The van der Waals surface area contributed by atoms with Crippen molar-refractivity contribution in [2.24, 2.45) is 11.8 Å². The summed E-state index contributed by atoms with van der Waals surface area (Å²) in [5, 5.41) is 21.2. The first-order valence-corrected chi connectivity index (χ1v) is 16.2. The summed E-state index contributed by atoms with van der Waals surface area (Å²) in [5.41, 5.74) is 3.34. The third-order valence-corrected chi connectivity index (χ3v) is 9.79. The van der Waals surface area contributed by atoms with Gasteiger partial charge < -0.3 is 10.1 Å². The van der Waals surface area contributed by atoms with Gasteiger partial charge in [-0.2, -0.15) is 10.4 Å². The Labute approximate surface area is 255 Å². The number of aryl methyl sites for hydroxylation is 1. The van der Waals surface area contributed by atoms with Gasteiger partial charge in [-0.05, 0) is 101 Å². The summed E-state index contributed by atoms with van der Waals surface area (Å²) in [6.45, 7) is 5.87. The molecule has 0 spiro atoms. The number of hydrogen-bond donors (Lipinski definition) is 1. The predicted octanol–water partition coefficient (Wildman–Crippen LogP) is 6.90. The summed E-state index contributed by atoms with van der Waals surface area (Å²) in [4.78, 5) is 15.4. The Morgan fingerprint density at radius 1 is 1.05 bits per heavy atom. The van der Waals surface area contributed by atoms with Crippen molar-refractivity contribution in [2.45, 2.75) is 96.1 Å². The van der Waals surface area contributed by atoms with Gasteiger partial charge in [-0.3, -0.25) is 9.69 Å². The highest BCUT2D eigenvalue weighted by Gasteiger charge is 2.25. The number of aromatic nitrogens is 2. The van der Waals surface area contributed by atoms with E-state index in [4.69, 9.17) is 21.6 Å². The molecule has 1 aromatic heterocycles. The number of nitrogens with one attached hydrogen (secondary N) is 1. The first-order chi connectivity index (χ1) is 20.4. The van der Waals surface area contributed by atoms with Crippen LogP contribution in [-0.2, 0) is 6.42 Å². The molecule has 2 saturated carbocycles. The normalized spacial score (nSPS) is 24.8. The van der Waals surface area contributed by atoms with Crippen molar-refractivity contribution in [3.63, 3.8) is 0 Å². The first kappa shape index (κ1) is 30.5. The van der Waals surface area contributed by atoms with Crippen molar-refractivity contribution in [2.75, 3.05) is 19.6 Å². The van der Waals surface area contributed by atoms with Crippen molar-refractivity contribution in [1.82, 2.24) is 20.4 Å². The van der Waals surface area contributed by atoms with Crippen LogP contribution in [0.4, 0.5) is 0 Å². The van der Waals surface area contributed by atoms with Crippen molar-refractivity contribution in [3.8, 4) is 11.8 Å². The fourth-order valence-corrected chi connectivity index (χ4v) is 6.81. The molecule has 1 aliphatic heterocycles. The number of nitriles is 1. The number of halogens is 1. The summed E-state index contributed by atoms with van der Waals surface area (Å²) >= 11 is 6.12. The van der Waals surface area contributed by atoms with Crippen molar-refractivity contribution in [1.29, 1.82) is 5.26 Å². The number of carbonyl (C=O) groups excluding carboxylic acids is 1. The minimum absolute atomic E-state index is 0.0675. The molecule has 2 heterocycles. The molecule has 2 aromatic rings. The standard InChI is InChI=1S/C34H44ClN5O2/c1-24-16-19-40(20-17-24)21-18-26-4-2-25(3-5-26)6-8-29-11-15-33(39-38-29)34(41)37-28-9-13-30(14-10-28)42-31-12-7-27(23-36)32(35)22-31/h7,11-12,15-16,22,25-26,28,30H,2-6,8-10,13-14,17-21H2,1H3,(H,37,41)/t25?,26?,28-,30-. The Bertz CT molecular complexity index is 1260. The molecular weight excluding hydrogens is 546 g/mol. The molecule has 42 heavy (non-hydrogen) atoms. The second-order valence-corrected chi connectivity index (χ2v) is 13.0. The van der Waals surface area contributed by atoms with Crippen molar-refractivity contribution in [3.05, 3.63) is 64.0 Å². The average Bonchev–Trinajstić information content (AvgIpc) is 3.01. The monoisotopic (exact) mass is 589 g/mol. The third-order valence-electron chi connectivity index (χ3n) is 9.47. The van der Waals surface area contributed by atoms with Crippen LogP contribution in [0.2, 0.25) is 5.02 Å². The number of ether oxygens (including phenoxy) is 1. The van der Waals surface area contributed by atoms with E-state index in [0.717, 1.165) is 62.6 Å². The summed E-state index contributed by atoms with van der Waals surface area (Å²) < 4.78 is 6.06. The molecule has 2 aliphatic carbocycles. The van der Waals surface area contributed by atoms with Gasteiger partial charge in [0.15, 0.2) is 5.69 Å². The molecule has 0 saturated heterocycles. The van der Waals surface area contributed by atoms with Crippen LogP contribution in [-0.4, -0.2) is 52.8 Å². The molecule has 1 aromatic carbocycles. The summed E-state index contributed by atoms with van der Waals surface area (Å²) in [5.74, 6) is 2.17. The Hall–Kier alpha value is -2.95. The Balaban J connectivity index is 0.970. The number of carbonyl (C=O) groups is 1. The summed E-state index contributed by atoms with van der Waals surface area (Å²) in [6.07, 6.45) is 15.8. The largest absolute Gasteiger partial charge is 0.490 e. The Kier molecular flexibility index (Phi) is 10.9. The van der Waals surface area contributed by atoms with Gasteiger partial charge in [0.05, 0.1) is 22.4 Å². The zero-order valence-electron chi connectivity index (χ0n) is 24.9. The smallest absolute Gasteiger partial charge is 0.272 e. The van der Waals surface area contributed by atoms with Gasteiger partial charge in [0.25, 0.3) is 5.91 Å². The number of hydrogen-bond acceptors (Lipinski definition) is 6. The van der Waals surface area contributed by atoms with Crippen LogP contribution < -0.4 is 10.1 Å². The minimum atomic E-state index is -0.161. The Morgan fingerprint density at radius 2 is 1.81 bits per heavy atom. The zero-order chi connectivity index (χ0) is 29.3. The molecule has 8 heteroatoms. The van der Waals surface area contributed by atoms with E-state index in [1.807, 2.05) is 12.1 Å². The van der Waals surface area contributed by atoms with E-state index in [-0.39, 0.29) is 18.1 Å². The molecule has 7 nitrogen and oxygen atoms in total. The SMILES string of the molecule is CC1=CCN(CCC2CCC(CCc3ccc(C(=O)N[C@H]4CC[C@H](Oc5ccc(C#N)c(Cl)c5)CC4)nn3)CC2)CC1. The van der Waals surface area contributed by atoms with Crippen LogP contribution in [0, 0.1) is 23.2 Å². The lowest BCUT2D eigenvalue weighted by molar-refractivity contribution is 0.0888. The molecule has 1 N–H and O–H groups in total.